The van der Waals surface area contributed by atoms with Crippen molar-refractivity contribution in [3.63, 3.8) is 0 Å². The van der Waals surface area contributed by atoms with E-state index in [0.29, 0.717) is 102 Å². The summed E-state index contributed by atoms with van der Waals surface area (Å²) in [7, 11) is -11.1. The average Bonchev–Trinajstić information content (AvgIpc) is 1.27. The van der Waals surface area contributed by atoms with Crippen LogP contribution in [-0.4, -0.2) is 210 Å². The molecule has 5 aromatic carbocycles. The molecule has 0 unspecified atom stereocenters. The summed E-state index contributed by atoms with van der Waals surface area (Å²) in [6.07, 6.45) is -0.411. The Morgan fingerprint density at radius 2 is 1.51 bits per heavy atom. The Bertz CT molecular complexity index is 4210. The third-order valence-electron chi connectivity index (χ3n) is 19.1. The summed E-state index contributed by atoms with van der Waals surface area (Å²) in [5.41, 5.74) is 1.52. The van der Waals surface area contributed by atoms with Gasteiger partial charge in [-0.3, -0.25) is 29.0 Å². The number of piperazine rings is 1. The topological polar surface area (TPSA) is 255 Å². The number of alkyl halides is 3. The second-order valence-corrected chi connectivity index (χ2v) is 33.5. The maximum absolute atomic E-state index is 14.4. The molecule has 0 spiro atoms. The first-order valence-corrected chi connectivity index (χ1v) is 39.6. The van der Waals surface area contributed by atoms with Crippen LogP contribution in [0.5, 0.6) is 0 Å². The fraction of sp³-hybridized carbons (Fsp3) is 0.459. The molecule has 554 valence electrons. The summed E-state index contributed by atoms with van der Waals surface area (Å²) in [6, 6.07) is 31.9. The number of aliphatic hydroxyl groups is 1. The predicted molar refractivity (Wildman–Crippen MR) is 392 cm³/mol. The number of nitrogens with one attached hydrogen (secondary N) is 2. The maximum atomic E-state index is 14.4. The molecule has 3 N–H and O–H groups in total. The van der Waals surface area contributed by atoms with Crippen LogP contribution in [0.25, 0.3) is 16.0 Å². The van der Waals surface area contributed by atoms with Gasteiger partial charge in [-0.05, 0) is 126 Å². The Morgan fingerprint density at radius 3 is 2.17 bits per heavy atom. The average molecular weight is 1520 g/mol. The number of aromatic nitrogens is 1. The summed E-state index contributed by atoms with van der Waals surface area (Å²) >= 11 is 9.29. The predicted octanol–water partition coefficient (Wildman–Crippen LogP) is 11.3. The molecule has 0 saturated carbocycles. The minimum atomic E-state index is -6.13. The molecule has 10 rings (SSSR count). The molecule has 4 aliphatic heterocycles. The number of Topliss-reactive ketones (excluding diaryl/α,β-unsaturated/α-hetero) is 2. The molecule has 3 fully saturated rings. The van der Waals surface area contributed by atoms with Crippen molar-refractivity contribution in [2.75, 3.05) is 121 Å². The molecule has 0 bridgehead atoms. The number of ether oxygens (including phenoxy) is 3. The fourth-order valence-electron chi connectivity index (χ4n) is 13.2. The minimum absolute atomic E-state index is 0.0180. The normalized spacial score (nSPS) is 18.3. The molecule has 6 aromatic rings. The zero-order chi connectivity index (χ0) is 73.8. The monoisotopic (exact) mass is 1520 g/mol. The Kier molecular flexibility index (Phi) is 26.4. The number of amides is 3. The molecule has 103 heavy (non-hydrogen) atoms. The van der Waals surface area contributed by atoms with E-state index < -0.39 is 82.4 Å². The van der Waals surface area contributed by atoms with Crippen molar-refractivity contribution in [3.8, 4) is 10.4 Å². The molecule has 21 nitrogen and oxygen atoms in total. The third kappa shape index (κ3) is 20.6. The van der Waals surface area contributed by atoms with Crippen LogP contribution >= 0.6 is 34.7 Å². The second-order valence-electron chi connectivity index (χ2n) is 27.5. The minimum Gasteiger partial charge on any atom is -0.447 e. The second kappa shape index (κ2) is 34.8. The standard InChI is InChI=1S/C74H88ClF3N8O13S4/c1-49(51-11-13-53(14-12-51)69-50(2)79-48-101-69)39-67(89)66-41-59(87)45-86(66)71(91)64(73(3,4)5)40-60(88)46-98-37-38-99-72(92)85-28-26-63(52-15-19-56(75)20-16-52)55(44-85)43-83-29-31-84(32-30-83)58-21-17-54(18-22-58)70(90)81-103(95,96)62-23-24-65(68(42-62)102(93,94)74(76,77)78)80-57(25-27-82-33-35-97-36-34-82)47-100-61-9-7-6-8-10-61/h6-24,42,48-49,57,59,64,66,80,87H,25-41,43-47H2,1-5H3,(H,81,90)/t49-,57-,59-,64-,66+/m1/s1. The Morgan fingerprint density at radius 1 is 0.825 bits per heavy atom. The Hall–Kier alpha value is -7.25. The highest BCUT2D eigenvalue weighted by molar-refractivity contribution is 7.99. The van der Waals surface area contributed by atoms with Crippen LogP contribution in [0, 0.1) is 18.3 Å². The molecule has 5 atom stereocenters. The molecule has 4 aliphatic rings. The fourth-order valence-corrected chi connectivity index (χ4v) is 17.2. The smallest absolute Gasteiger partial charge is 0.447 e. The van der Waals surface area contributed by atoms with Gasteiger partial charge < -0.3 is 39.3 Å². The van der Waals surface area contributed by atoms with E-state index in [0.717, 1.165) is 61.1 Å². The number of rotatable bonds is 29. The van der Waals surface area contributed by atoms with Gasteiger partial charge in [0.1, 0.15) is 18.1 Å². The van der Waals surface area contributed by atoms with Crippen molar-refractivity contribution >= 4 is 101 Å². The molecular formula is C74H88ClF3N8O13S4. The van der Waals surface area contributed by atoms with Crippen molar-refractivity contribution in [2.24, 2.45) is 11.3 Å². The van der Waals surface area contributed by atoms with Crippen LogP contribution in [0.1, 0.15) is 92.9 Å². The first kappa shape index (κ1) is 78.3. The SMILES string of the molecule is Cc1ncsc1-c1ccc([C@H](C)CC(=O)[C@@H]2C[C@@H](O)CN2C(=O)[C@@H](CC(=O)COCCOC(=O)N2CCC(c3ccc(Cl)cc3)=C(CN3CCN(c4ccc(C(=O)NS(=O)(=O)c5ccc(N[C@H](CCN6CCOCC6)CSc6ccccc6)c(S(=O)(=O)C(F)(F)F)c5)cc4)CC3)C2)C(C)(C)C)cc1. The first-order chi connectivity index (χ1) is 49.0. The maximum Gasteiger partial charge on any atom is 0.501 e. The van der Waals surface area contributed by atoms with Crippen LogP contribution in [0.15, 0.2) is 147 Å². The van der Waals surface area contributed by atoms with E-state index in [4.69, 9.17) is 25.8 Å². The first-order valence-electron chi connectivity index (χ1n) is 34.3. The van der Waals surface area contributed by atoms with Gasteiger partial charge in [-0.1, -0.05) is 93.9 Å². The number of aliphatic hydroxyl groups excluding tert-OH is 1. The van der Waals surface area contributed by atoms with E-state index in [9.17, 15) is 59.1 Å². The number of nitrogens with zero attached hydrogens (tertiary/aromatic N) is 6. The summed E-state index contributed by atoms with van der Waals surface area (Å²) in [5, 5.41) is 14.4. The van der Waals surface area contributed by atoms with Gasteiger partial charge in [0.25, 0.3) is 25.8 Å². The number of carbonyl (C=O) groups is 5. The number of hydrogen-bond acceptors (Lipinski definition) is 20. The number of halogens is 4. The van der Waals surface area contributed by atoms with Crippen LogP contribution in [0.2, 0.25) is 5.02 Å². The van der Waals surface area contributed by atoms with E-state index >= 15 is 0 Å². The molecular weight excluding hydrogens is 1430 g/mol. The van der Waals surface area contributed by atoms with Gasteiger partial charge in [0.15, 0.2) is 11.6 Å². The number of hydrogen-bond donors (Lipinski definition) is 3. The Labute approximate surface area is 613 Å². The zero-order valence-corrected chi connectivity index (χ0v) is 62.3. The van der Waals surface area contributed by atoms with E-state index in [2.05, 4.69) is 25.0 Å². The molecule has 29 heteroatoms. The van der Waals surface area contributed by atoms with Crippen LogP contribution < -0.4 is 14.9 Å². The summed E-state index contributed by atoms with van der Waals surface area (Å²) in [6.45, 7) is 15.2. The molecule has 3 saturated heterocycles. The van der Waals surface area contributed by atoms with E-state index in [-0.39, 0.29) is 81.1 Å². The molecule has 1 aromatic heterocycles. The zero-order valence-electron chi connectivity index (χ0n) is 58.2. The van der Waals surface area contributed by atoms with Gasteiger partial charge in [-0.25, -0.2) is 31.3 Å². The van der Waals surface area contributed by atoms with Gasteiger partial charge in [0.05, 0.1) is 58.6 Å². The molecule has 5 heterocycles. The van der Waals surface area contributed by atoms with Gasteiger partial charge in [-0.2, -0.15) is 13.2 Å². The number of benzene rings is 5. The van der Waals surface area contributed by atoms with Crippen molar-refractivity contribution in [1.29, 1.82) is 0 Å². The number of sulfone groups is 1. The number of carbonyl (C=O) groups excluding carboxylic acids is 5. The van der Waals surface area contributed by atoms with Crippen molar-refractivity contribution in [3.05, 3.63) is 160 Å². The van der Waals surface area contributed by atoms with E-state index in [1.54, 1.807) is 28.4 Å². The van der Waals surface area contributed by atoms with Crippen LogP contribution in [0.4, 0.5) is 29.3 Å². The van der Waals surface area contributed by atoms with Crippen molar-refractivity contribution in [1.82, 2.24) is 29.3 Å². The number of thiazole rings is 1. The third-order valence-corrected chi connectivity index (χ3v) is 24.4. The highest BCUT2D eigenvalue weighted by atomic mass is 35.5. The lowest BCUT2D eigenvalue weighted by molar-refractivity contribution is -0.146. The van der Waals surface area contributed by atoms with E-state index in [1.807, 2.05) is 124 Å². The highest BCUT2D eigenvalue weighted by Crippen LogP contribution is 2.39. The van der Waals surface area contributed by atoms with Crippen LogP contribution in [0.3, 0.4) is 0 Å². The van der Waals surface area contributed by atoms with Crippen molar-refractivity contribution in [2.45, 2.75) is 111 Å². The molecule has 0 aliphatic carbocycles. The van der Waals surface area contributed by atoms with Crippen molar-refractivity contribution < 1.29 is 73.3 Å². The lowest BCUT2D eigenvalue weighted by Crippen LogP contribution is -2.48. The quantitative estimate of drug-likeness (QED) is 0.0291. The van der Waals surface area contributed by atoms with Gasteiger partial charge >= 0.3 is 11.6 Å². The Balaban J connectivity index is 0.700. The highest BCUT2D eigenvalue weighted by Gasteiger charge is 2.49. The summed E-state index contributed by atoms with van der Waals surface area (Å²) in [5.74, 6) is -2.61. The summed E-state index contributed by atoms with van der Waals surface area (Å²) in [4.78, 5) is 82.9. The van der Waals surface area contributed by atoms with Crippen LogP contribution in [-0.2, 0) is 48.5 Å². The number of morpholine rings is 1. The number of anilines is 2. The van der Waals surface area contributed by atoms with E-state index in [1.165, 1.54) is 28.8 Å². The largest absolute Gasteiger partial charge is 0.501 e. The van der Waals surface area contributed by atoms with Gasteiger partial charge in [-0.15, -0.1) is 23.1 Å². The van der Waals surface area contributed by atoms with Gasteiger partial charge in [0.2, 0.25) is 5.91 Å². The van der Waals surface area contributed by atoms with Gasteiger partial charge in [0, 0.05) is 130 Å². The lowest BCUT2D eigenvalue weighted by atomic mass is 9.76. The lowest BCUT2D eigenvalue weighted by Gasteiger charge is -2.38. The summed E-state index contributed by atoms with van der Waals surface area (Å²) < 4.78 is 116. The number of thioether (sulfide) groups is 1. The number of ketones is 2. The molecule has 3 amide bonds. The molecule has 0 radical (unpaired) electrons. The number of aryl methyl sites for hydroxylation is 1. The number of sulfonamides is 1. The number of β-amino-alcohol motifs (C(OH)–C–C–N with tert-alkyl or cyclic N) is 1. The number of likely N-dealkylation sites (tertiary alicyclic amines) is 1.